The highest BCUT2D eigenvalue weighted by Crippen LogP contribution is 2.06. The van der Waals surface area contributed by atoms with Crippen LogP contribution in [0.25, 0.3) is 11.2 Å². The largest absolute Gasteiger partial charge is 0.357 e. The van der Waals surface area contributed by atoms with Gasteiger partial charge in [0.2, 0.25) is 12.0 Å². The zero-order chi connectivity index (χ0) is 12.4. The van der Waals surface area contributed by atoms with E-state index in [9.17, 15) is 0 Å². The normalized spacial score (nSPS) is 11.9. The van der Waals surface area contributed by atoms with E-state index in [4.69, 9.17) is 4.84 Å². The van der Waals surface area contributed by atoms with Crippen LogP contribution in [0.2, 0.25) is 0 Å². The lowest BCUT2D eigenvalue weighted by Gasteiger charge is -2.28. The molecule has 0 aromatic carbocycles. The van der Waals surface area contributed by atoms with Crippen LogP contribution in [0.1, 0.15) is 0 Å². The summed E-state index contributed by atoms with van der Waals surface area (Å²) >= 11 is 0. The second-order valence-corrected chi connectivity index (χ2v) is 4.17. The molecule has 92 valence electrons. The minimum absolute atomic E-state index is 0.234. The summed E-state index contributed by atoms with van der Waals surface area (Å²) in [6.07, 6.45) is 1.45. The molecule has 7 nitrogen and oxygen atoms in total. The smallest absolute Gasteiger partial charge is 0.237 e. The molecule has 2 rings (SSSR count). The van der Waals surface area contributed by atoms with Crippen molar-refractivity contribution >= 4 is 11.2 Å². The standard InChI is InChI=1S/C10H16N6O/c1-14(2)10(15(3)4)17-16-9-8(12-13-16)6-5-7-11-9/h5-7,10H,1-4H3. The molecule has 2 heterocycles. The summed E-state index contributed by atoms with van der Waals surface area (Å²) in [7, 11) is 7.71. The molecular formula is C10H16N6O. The van der Waals surface area contributed by atoms with E-state index in [1.807, 2.05) is 50.1 Å². The van der Waals surface area contributed by atoms with E-state index in [-0.39, 0.29) is 6.35 Å². The Kier molecular flexibility index (Phi) is 3.21. The fourth-order valence-corrected chi connectivity index (χ4v) is 1.56. The third kappa shape index (κ3) is 2.34. The summed E-state index contributed by atoms with van der Waals surface area (Å²) in [6, 6.07) is 3.66. The van der Waals surface area contributed by atoms with E-state index in [1.54, 1.807) is 6.20 Å². The molecule has 0 amide bonds. The van der Waals surface area contributed by atoms with Crippen LogP contribution in [0.3, 0.4) is 0 Å². The fourth-order valence-electron chi connectivity index (χ4n) is 1.56. The molecule has 7 heteroatoms. The number of rotatable bonds is 4. The number of aromatic nitrogens is 4. The predicted molar refractivity (Wildman–Crippen MR) is 63.1 cm³/mol. The van der Waals surface area contributed by atoms with Crippen molar-refractivity contribution < 1.29 is 4.84 Å². The van der Waals surface area contributed by atoms with Gasteiger partial charge >= 0.3 is 0 Å². The summed E-state index contributed by atoms with van der Waals surface area (Å²) in [4.78, 5) is 15.1. The maximum absolute atomic E-state index is 5.72. The first kappa shape index (κ1) is 11.7. The molecule has 2 aromatic rings. The molecule has 0 saturated heterocycles. The number of pyridine rings is 1. The van der Waals surface area contributed by atoms with Crippen LogP contribution in [0.4, 0.5) is 0 Å². The topological polar surface area (TPSA) is 59.3 Å². The molecule has 0 fully saturated rings. The quantitative estimate of drug-likeness (QED) is 0.677. The Morgan fingerprint density at radius 3 is 2.59 bits per heavy atom. The Hall–Kier alpha value is -1.73. The Balaban J connectivity index is 2.28. The molecule has 0 saturated carbocycles. The van der Waals surface area contributed by atoms with Gasteiger partial charge in [-0.25, -0.2) is 4.98 Å². The lowest BCUT2D eigenvalue weighted by atomic mass is 10.4. The Morgan fingerprint density at radius 2 is 1.94 bits per heavy atom. The first-order chi connectivity index (χ1) is 8.09. The monoisotopic (exact) mass is 236 g/mol. The van der Waals surface area contributed by atoms with Gasteiger partial charge in [-0.2, -0.15) is 0 Å². The first-order valence-corrected chi connectivity index (χ1v) is 5.26. The molecule has 0 unspecified atom stereocenters. The van der Waals surface area contributed by atoms with Crippen LogP contribution >= 0.6 is 0 Å². The number of fused-ring (bicyclic) bond motifs is 1. The van der Waals surface area contributed by atoms with E-state index >= 15 is 0 Å². The van der Waals surface area contributed by atoms with E-state index in [0.29, 0.717) is 11.2 Å². The van der Waals surface area contributed by atoms with Crippen LogP contribution in [0, 0.1) is 0 Å². The van der Waals surface area contributed by atoms with Gasteiger partial charge in [0, 0.05) is 6.20 Å². The summed E-state index contributed by atoms with van der Waals surface area (Å²) in [5.41, 5.74) is 1.32. The Bertz CT molecular complexity index is 486. The maximum Gasteiger partial charge on any atom is 0.237 e. The van der Waals surface area contributed by atoms with Gasteiger partial charge in [-0.15, -0.1) is 5.10 Å². The average molecular weight is 236 g/mol. The van der Waals surface area contributed by atoms with Crippen molar-refractivity contribution in [2.24, 2.45) is 0 Å². The van der Waals surface area contributed by atoms with E-state index in [1.165, 1.54) is 4.85 Å². The molecular weight excluding hydrogens is 220 g/mol. The molecule has 0 atom stereocenters. The second-order valence-electron chi connectivity index (χ2n) is 4.17. The zero-order valence-electron chi connectivity index (χ0n) is 10.4. The second kappa shape index (κ2) is 4.64. The van der Waals surface area contributed by atoms with E-state index < -0.39 is 0 Å². The van der Waals surface area contributed by atoms with Crippen molar-refractivity contribution in [1.29, 1.82) is 0 Å². The first-order valence-electron chi connectivity index (χ1n) is 5.26. The highest BCUT2D eigenvalue weighted by Gasteiger charge is 2.18. The Morgan fingerprint density at radius 1 is 1.24 bits per heavy atom. The molecule has 0 aliphatic rings. The molecule has 0 radical (unpaired) electrons. The van der Waals surface area contributed by atoms with Gasteiger partial charge in [0.1, 0.15) is 5.52 Å². The minimum Gasteiger partial charge on any atom is -0.357 e. The fraction of sp³-hybridized carbons (Fsp3) is 0.500. The van der Waals surface area contributed by atoms with Gasteiger partial charge in [0.25, 0.3) is 0 Å². The van der Waals surface area contributed by atoms with Crippen LogP contribution in [-0.2, 0) is 0 Å². The zero-order valence-corrected chi connectivity index (χ0v) is 10.4. The summed E-state index contributed by atoms with van der Waals surface area (Å²) in [5, 5.41) is 7.91. The van der Waals surface area contributed by atoms with E-state index in [2.05, 4.69) is 15.3 Å². The van der Waals surface area contributed by atoms with Gasteiger partial charge in [0.05, 0.1) is 0 Å². The van der Waals surface area contributed by atoms with Gasteiger partial charge < -0.3 is 4.84 Å². The number of hydrogen-bond donors (Lipinski definition) is 0. The maximum atomic E-state index is 5.72. The van der Waals surface area contributed by atoms with Crippen LogP contribution in [-0.4, -0.2) is 64.5 Å². The number of nitrogens with zero attached hydrogens (tertiary/aromatic N) is 6. The van der Waals surface area contributed by atoms with Crippen LogP contribution in [0.5, 0.6) is 0 Å². The molecule has 0 aliphatic carbocycles. The molecule has 0 bridgehead atoms. The summed E-state index contributed by atoms with van der Waals surface area (Å²) in [6.45, 7) is 0. The summed E-state index contributed by atoms with van der Waals surface area (Å²) < 4.78 is 0. The van der Waals surface area contributed by atoms with Crippen LogP contribution in [0.15, 0.2) is 18.3 Å². The van der Waals surface area contributed by atoms with Crippen molar-refractivity contribution in [3.8, 4) is 0 Å². The van der Waals surface area contributed by atoms with Crippen LogP contribution < -0.4 is 4.84 Å². The number of hydrogen-bond acceptors (Lipinski definition) is 6. The SMILES string of the molecule is CN(C)C(On1nnc2cccnc21)N(C)C. The average Bonchev–Trinajstić information content (AvgIpc) is 2.68. The third-order valence-corrected chi connectivity index (χ3v) is 2.26. The predicted octanol–water partition coefficient (Wildman–Crippen LogP) is -0.338. The van der Waals surface area contributed by atoms with Crippen molar-refractivity contribution in [3.05, 3.63) is 18.3 Å². The molecule has 0 aliphatic heterocycles. The lowest BCUT2D eigenvalue weighted by molar-refractivity contribution is -0.130. The van der Waals surface area contributed by atoms with Gasteiger partial charge in [-0.3, -0.25) is 9.80 Å². The molecule has 2 aromatic heterocycles. The molecule has 17 heavy (non-hydrogen) atoms. The van der Waals surface area contributed by atoms with Crippen molar-refractivity contribution in [1.82, 2.24) is 29.9 Å². The minimum atomic E-state index is -0.234. The highest BCUT2D eigenvalue weighted by molar-refractivity contribution is 5.68. The molecule has 0 spiro atoms. The lowest BCUT2D eigenvalue weighted by Crippen LogP contribution is -2.48. The Labute approximate surface area is 99.5 Å². The highest BCUT2D eigenvalue weighted by atomic mass is 16.7. The van der Waals surface area contributed by atoms with Crippen molar-refractivity contribution in [2.75, 3.05) is 28.2 Å². The van der Waals surface area contributed by atoms with Crippen molar-refractivity contribution in [3.63, 3.8) is 0 Å². The van der Waals surface area contributed by atoms with Crippen molar-refractivity contribution in [2.45, 2.75) is 6.35 Å². The summed E-state index contributed by atoms with van der Waals surface area (Å²) in [5.74, 6) is 0. The van der Waals surface area contributed by atoms with Gasteiger partial charge in [-0.05, 0) is 45.5 Å². The van der Waals surface area contributed by atoms with Gasteiger partial charge in [0.15, 0.2) is 0 Å². The molecule has 0 N–H and O–H groups in total. The van der Waals surface area contributed by atoms with E-state index in [0.717, 1.165) is 0 Å². The third-order valence-electron chi connectivity index (χ3n) is 2.26. The van der Waals surface area contributed by atoms with Gasteiger partial charge in [-0.1, -0.05) is 4.85 Å².